The standard InChI is InChI=1S/C7H17OSi/c1-5-9(6-2,7-3)8-4/h4-7H2,1-3H3. The molecule has 0 aliphatic heterocycles. The molecule has 0 spiro atoms. The summed E-state index contributed by atoms with van der Waals surface area (Å²) in [4.78, 5) is 0. The smallest absolute Gasteiger partial charge is 0.192 e. The van der Waals surface area contributed by atoms with E-state index in [-0.39, 0.29) is 0 Å². The number of hydrogen-bond donors (Lipinski definition) is 0. The summed E-state index contributed by atoms with van der Waals surface area (Å²) >= 11 is 0. The number of hydrogen-bond acceptors (Lipinski definition) is 1. The summed E-state index contributed by atoms with van der Waals surface area (Å²) in [7, 11) is 2.23. The normalized spacial score (nSPS) is 12.0. The molecule has 1 nitrogen and oxygen atoms in total. The first kappa shape index (κ1) is 9.18. The lowest BCUT2D eigenvalue weighted by molar-refractivity contribution is 0.450. The fourth-order valence-electron chi connectivity index (χ4n) is 1.06. The van der Waals surface area contributed by atoms with Gasteiger partial charge in [-0.15, -0.1) is 0 Å². The molecule has 0 heterocycles. The van der Waals surface area contributed by atoms with Gasteiger partial charge in [0.05, 0.1) is 7.11 Å². The highest BCUT2D eigenvalue weighted by Gasteiger charge is 2.26. The van der Waals surface area contributed by atoms with Crippen LogP contribution in [-0.2, 0) is 4.43 Å². The predicted molar refractivity (Wildman–Crippen MR) is 43.6 cm³/mol. The third-order valence-corrected chi connectivity index (χ3v) is 6.72. The molecule has 0 aliphatic carbocycles. The fourth-order valence-corrected chi connectivity index (χ4v) is 3.17. The van der Waals surface area contributed by atoms with Crippen molar-refractivity contribution in [3.63, 3.8) is 0 Å². The van der Waals surface area contributed by atoms with Crippen molar-refractivity contribution in [1.29, 1.82) is 0 Å². The van der Waals surface area contributed by atoms with Gasteiger partial charge in [0.2, 0.25) is 0 Å². The van der Waals surface area contributed by atoms with E-state index in [2.05, 4.69) is 27.9 Å². The molecule has 0 fully saturated rings. The van der Waals surface area contributed by atoms with Crippen molar-refractivity contribution >= 4 is 8.32 Å². The summed E-state index contributed by atoms with van der Waals surface area (Å²) in [6.07, 6.45) is 0. The Balaban J connectivity index is 3.82. The first-order valence-electron chi connectivity index (χ1n) is 3.67. The Labute approximate surface area is 59.5 Å². The molecular formula is C7H17OSi. The molecule has 1 radical (unpaired) electrons. The van der Waals surface area contributed by atoms with E-state index in [1.807, 2.05) is 0 Å². The van der Waals surface area contributed by atoms with Crippen molar-refractivity contribution in [2.45, 2.75) is 38.9 Å². The van der Waals surface area contributed by atoms with E-state index in [4.69, 9.17) is 4.43 Å². The first-order chi connectivity index (χ1) is 4.24. The summed E-state index contributed by atoms with van der Waals surface area (Å²) in [6, 6.07) is 3.59. The molecule has 0 rings (SSSR count). The molecule has 0 saturated heterocycles. The number of rotatable bonds is 4. The van der Waals surface area contributed by atoms with Crippen molar-refractivity contribution in [3.05, 3.63) is 7.11 Å². The zero-order valence-electron chi connectivity index (χ0n) is 6.74. The maximum absolute atomic E-state index is 5.27. The van der Waals surface area contributed by atoms with Gasteiger partial charge in [-0.05, 0) is 18.1 Å². The van der Waals surface area contributed by atoms with E-state index in [1.165, 1.54) is 18.1 Å². The molecule has 0 aliphatic rings. The van der Waals surface area contributed by atoms with Gasteiger partial charge in [-0.3, -0.25) is 0 Å². The van der Waals surface area contributed by atoms with Crippen LogP contribution in [0.15, 0.2) is 0 Å². The van der Waals surface area contributed by atoms with Crippen LogP contribution in [0.3, 0.4) is 0 Å². The zero-order chi connectivity index (χ0) is 7.33. The minimum Gasteiger partial charge on any atom is -0.415 e. The highest BCUT2D eigenvalue weighted by atomic mass is 28.4. The van der Waals surface area contributed by atoms with Gasteiger partial charge in [-0.2, -0.15) is 0 Å². The van der Waals surface area contributed by atoms with Crippen LogP contribution in [0.25, 0.3) is 0 Å². The minimum atomic E-state index is -1.30. The SMILES string of the molecule is [CH2]O[Si](CC)(CC)CC. The summed E-state index contributed by atoms with van der Waals surface area (Å²) in [5.41, 5.74) is 0. The molecule has 0 aromatic heterocycles. The molecular weight excluding hydrogens is 128 g/mol. The monoisotopic (exact) mass is 145 g/mol. The third kappa shape index (κ3) is 2.10. The first-order valence-corrected chi connectivity index (χ1v) is 6.20. The maximum atomic E-state index is 5.27. The van der Waals surface area contributed by atoms with Crippen molar-refractivity contribution in [3.8, 4) is 0 Å². The topological polar surface area (TPSA) is 9.23 Å². The summed E-state index contributed by atoms with van der Waals surface area (Å²) in [6.45, 7) is 6.60. The predicted octanol–water partition coefficient (Wildman–Crippen LogP) is 2.80. The van der Waals surface area contributed by atoms with Gasteiger partial charge in [0.15, 0.2) is 8.32 Å². The summed E-state index contributed by atoms with van der Waals surface area (Å²) in [5, 5.41) is 0. The lowest BCUT2D eigenvalue weighted by atomic mass is 10.9. The van der Waals surface area contributed by atoms with Crippen LogP contribution in [0.4, 0.5) is 0 Å². The van der Waals surface area contributed by atoms with E-state index < -0.39 is 8.32 Å². The summed E-state index contributed by atoms with van der Waals surface area (Å²) < 4.78 is 5.27. The molecule has 0 atom stereocenters. The lowest BCUT2D eigenvalue weighted by Crippen LogP contribution is -2.33. The van der Waals surface area contributed by atoms with E-state index in [1.54, 1.807) is 0 Å². The molecule has 0 aromatic carbocycles. The second kappa shape index (κ2) is 4.07. The van der Waals surface area contributed by atoms with E-state index in [0.29, 0.717) is 0 Å². The summed E-state index contributed by atoms with van der Waals surface area (Å²) in [5.74, 6) is 0. The van der Waals surface area contributed by atoms with Gasteiger partial charge < -0.3 is 4.43 Å². The van der Waals surface area contributed by atoms with Crippen LogP contribution in [-0.4, -0.2) is 8.32 Å². The van der Waals surface area contributed by atoms with E-state index in [9.17, 15) is 0 Å². The van der Waals surface area contributed by atoms with Gasteiger partial charge in [0.1, 0.15) is 0 Å². The lowest BCUT2D eigenvalue weighted by Gasteiger charge is -2.24. The molecule has 0 saturated carbocycles. The van der Waals surface area contributed by atoms with Gasteiger partial charge in [-0.25, -0.2) is 0 Å². The second-order valence-electron chi connectivity index (χ2n) is 2.39. The van der Waals surface area contributed by atoms with Crippen LogP contribution in [0, 0.1) is 7.11 Å². The van der Waals surface area contributed by atoms with Crippen molar-refractivity contribution in [2.75, 3.05) is 0 Å². The van der Waals surface area contributed by atoms with Gasteiger partial charge >= 0.3 is 0 Å². The largest absolute Gasteiger partial charge is 0.415 e. The van der Waals surface area contributed by atoms with Crippen molar-refractivity contribution < 1.29 is 4.43 Å². The van der Waals surface area contributed by atoms with Crippen LogP contribution in [0.2, 0.25) is 18.1 Å². The van der Waals surface area contributed by atoms with Crippen molar-refractivity contribution in [2.24, 2.45) is 0 Å². The van der Waals surface area contributed by atoms with Crippen LogP contribution < -0.4 is 0 Å². The Hall–Kier alpha value is 0.177. The Morgan fingerprint density at radius 1 is 1.11 bits per heavy atom. The Morgan fingerprint density at radius 2 is 1.44 bits per heavy atom. The molecule has 0 amide bonds. The van der Waals surface area contributed by atoms with Gasteiger partial charge in [0.25, 0.3) is 0 Å². The minimum absolute atomic E-state index is 1.20. The molecule has 2 heteroatoms. The van der Waals surface area contributed by atoms with Crippen LogP contribution in [0.1, 0.15) is 20.8 Å². The Morgan fingerprint density at radius 3 is 1.44 bits per heavy atom. The average molecular weight is 145 g/mol. The van der Waals surface area contributed by atoms with Gasteiger partial charge in [-0.1, -0.05) is 20.8 Å². The molecule has 0 unspecified atom stereocenters. The molecule has 0 aromatic rings. The Kier molecular flexibility index (Phi) is 4.15. The van der Waals surface area contributed by atoms with Crippen LogP contribution in [0.5, 0.6) is 0 Å². The maximum Gasteiger partial charge on any atom is 0.192 e. The molecule has 0 bridgehead atoms. The fraction of sp³-hybridized carbons (Fsp3) is 0.857. The quantitative estimate of drug-likeness (QED) is 0.553. The molecule has 9 heavy (non-hydrogen) atoms. The van der Waals surface area contributed by atoms with E-state index in [0.717, 1.165) is 0 Å². The Bertz CT molecular complexity index is 51.8. The van der Waals surface area contributed by atoms with Crippen LogP contribution >= 0.6 is 0 Å². The second-order valence-corrected chi connectivity index (χ2v) is 7.16. The molecule has 55 valence electrons. The van der Waals surface area contributed by atoms with Crippen molar-refractivity contribution in [1.82, 2.24) is 0 Å². The van der Waals surface area contributed by atoms with Gasteiger partial charge in [0, 0.05) is 0 Å². The third-order valence-electron chi connectivity index (χ3n) is 2.24. The highest BCUT2D eigenvalue weighted by Crippen LogP contribution is 2.20. The average Bonchev–Trinajstić information content (AvgIpc) is 1.95. The zero-order valence-corrected chi connectivity index (χ0v) is 7.74. The highest BCUT2D eigenvalue weighted by molar-refractivity contribution is 6.73. The van der Waals surface area contributed by atoms with E-state index >= 15 is 0 Å². The molecule has 0 N–H and O–H groups in total.